The van der Waals surface area contributed by atoms with Gasteiger partial charge in [-0.1, -0.05) is 18.2 Å². The smallest absolute Gasteiger partial charge is 0.258 e. The van der Waals surface area contributed by atoms with Crippen LogP contribution in [0.15, 0.2) is 46.9 Å². The molecule has 0 saturated carbocycles. The van der Waals surface area contributed by atoms with Crippen LogP contribution >= 0.6 is 22.7 Å². The van der Waals surface area contributed by atoms with Crippen molar-refractivity contribution in [3.05, 3.63) is 62.3 Å². The SMILES string of the molecule is Cc1sc(N/N=C\c2cccc([N+](=O)[O-])c2)nc1-c1cccs1. The molecule has 6 nitrogen and oxygen atoms in total. The van der Waals surface area contributed by atoms with Gasteiger partial charge in [-0.05, 0) is 18.4 Å². The third-order valence-corrected chi connectivity index (χ3v) is 4.76. The normalized spacial score (nSPS) is 11.0. The third kappa shape index (κ3) is 3.61. The quantitative estimate of drug-likeness (QED) is 0.419. The van der Waals surface area contributed by atoms with Crippen molar-refractivity contribution in [2.45, 2.75) is 6.92 Å². The van der Waals surface area contributed by atoms with Crippen LogP contribution in [0, 0.1) is 17.0 Å². The molecule has 2 heterocycles. The minimum Gasteiger partial charge on any atom is -0.258 e. The Kier molecular flexibility index (Phi) is 4.45. The number of hydrogen-bond donors (Lipinski definition) is 1. The van der Waals surface area contributed by atoms with Gasteiger partial charge in [-0.15, -0.1) is 22.7 Å². The Morgan fingerprint density at radius 2 is 2.22 bits per heavy atom. The van der Waals surface area contributed by atoms with E-state index in [1.165, 1.54) is 29.7 Å². The highest BCUT2D eigenvalue weighted by Crippen LogP contribution is 2.32. The van der Waals surface area contributed by atoms with Gasteiger partial charge in [0.1, 0.15) is 0 Å². The zero-order valence-electron chi connectivity index (χ0n) is 12.1. The van der Waals surface area contributed by atoms with Crippen molar-refractivity contribution < 1.29 is 4.92 Å². The lowest BCUT2D eigenvalue weighted by Crippen LogP contribution is -1.92. The highest BCUT2D eigenvalue weighted by atomic mass is 32.1. The maximum absolute atomic E-state index is 10.7. The first-order valence-corrected chi connectivity index (χ1v) is 8.38. The van der Waals surface area contributed by atoms with Crippen molar-refractivity contribution in [1.29, 1.82) is 0 Å². The van der Waals surface area contributed by atoms with Crippen LogP contribution in [-0.2, 0) is 0 Å². The second kappa shape index (κ2) is 6.67. The molecule has 116 valence electrons. The number of nitrogens with zero attached hydrogens (tertiary/aromatic N) is 3. The number of nitrogens with one attached hydrogen (secondary N) is 1. The number of thiophene rings is 1. The summed E-state index contributed by atoms with van der Waals surface area (Å²) in [6.45, 7) is 2.02. The Balaban J connectivity index is 1.72. The van der Waals surface area contributed by atoms with E-state index < -0.39 is 4.92 Å². The molecular formula is C15H12N4O2S2. The maximum Gasteiger partial charge on any atom is 0.270 e. The van der Waals surface area contributed by atoms with E-state index in [1.54, 1.807) is 23.5 Å². The number of hydrazone groups is 1. The van der Waals surface area contributed by atoms with E-state index in [0.717, 1.165) is 15.4 Å². The average molecular weight is 344 g/mol. The number of aromatic nitrogens is 1. The van der Waals surface area contributed by atoms with Crippen LogP contribution in [0.4, 0.5) is 10.8 Å². The molecule has 0 bridgehead atoms. The highest BCUT2D eigenvalue weighted by Gasteiger charge is 2.10. The number of rotatable bonds is 5. The van der Waals surface area contributed by atoms with Crippen molar-refractivity contribution in [2.24, 2.45) is 5.10 Å². The maximum atomic E-state index is 10.7. The van der Waals surface area contributed by atoms with Crippen LogP contribution in [0.5, 0.6) is 0 Å². The molecule has 0 saturated heterocycles. The van der Waals surface area contributed by atoms with Crippen molar-refractivity contribution in [2.75, 3.05) is 5.43 Å². The predicted octanol–water partition coefficient (Wildman–Crippen LogP) is 4.53. The van der Waals surface area contributed by atoms with Crippen molar-refractivity contribution >= 4 is 39.7 Å². The van der Waals surface area contributed by atoms with Crippen LogP contribution < -0.4 is 5.43 Å². The van der Waals surface area contributed by atoms with Crippen molar-refractivity contribution in [3.63, 3.8) is 0 Å². The zero-order valence-corrected chi connectivity index (χ0v) is 13.7. The van der Waals surface area contributed by atoms with Crippen LogP contribution in [0.2, 0.25) is 0 Å². The van der Waals surface area contributed by atoms with Gasteiger partial charge in [-0.3, -0.25) is 15.5 Å². The number of thiazole rings is 1. The third-order valence-electron chi connectivity index (χ3n) is 3.01. The molecule has 0 fully saturated rings. The fourth-order valence-corrected chi connectivity index (χ4v) is 3.58. The summed E-state index contributed by atoms with van der Waals surface area (Å²) in [5.41, 5.74) is 4.53. The topological polar surface area (TPSA) is 80.4 Å². The molecule has 0 amide bonds. The Morgan fingerprint density at radius 1 is 1.35 bits per heavy atom. The molecule has 2 aromatic heterocycles. The lowest BCUT2D eigenvalue weighted by Gasteiger charge is -1.95. The zero-order chi connectivity index (χ0) is 16.2. The molecule has 0 aliphatic rings. The number of nitro groups is 1. The Labute approximate surface area is 140 Å². The Hall–Kier alpha value is -2.58. The first kappa shape index (κ1) is 15.3. The molecule has 1 N–H and O–H groups in total. The first-order valence-electron chi connectivity index (χ1n) is 6.68. The van der Waals surface area contributed by atoms with Crippen molar-refractivity contribution in [1.82, 2.24) is 4.98 Å². The lowest BCUT2D eigenvalue weighted by atomic mass is 10.2. The van der Waals surface area contributed by atoms with Gasteiger partial charge in [0.2, 0.25) is 5.13 Å². The molecule has 0 unspecified atom stereocenters. The van der Waals surface area contributed by atoms with Gasteiger partial charge < -0.3 is 0 Å². The molecule has 0 spiro atoms. The van der Waals surface area contributed by atoms with Gasteiger partial charge in [0, 0.05) is 22.6 Å². The monoisotopic (exact) mass is 344 g/mol. The summed E-state index contributed by atoms with van der Waals surface area (Å²) >= 11 is 3.16. The molecule has 1 aromatic carbocycles. The molecule has 0 atom stereocenters. The standard InChI is InChI=1S/C15H12N4O2S2/c1-10-14(13-6-3-7-22-13)17-15(23-10)18-16-9-11-4-2-5-12(8-11)19(20)21/h2-9H,1H3,(H,17,18)/b16-9-. The van der Waals surface area contributed by atoms with E-state index in [4.69, 9.17) is 0 Å². The molecule has 3 rings (SSSR count). The van der Waals surface area contributed by atoms with Crippen LogP contribution in [0.3, 0.4) is 0 Å². The number of hydrogen-bond acceptors (Lipinski definition) is 7. The highest BCUT2D eigenvalue weighted by molar-refractivity contribution is 7.17. The fraction of sp³-hybridized carbons (Fsp3) is 0.0667. The predicted molar refractivity (Wildman–Crippen MR) is 94.5 cm³/mol. The van der Waals surface area contributed by atoms with E-state index in [0.29, 0.717) is 10.7 Å². The number of benzene rings is 1. The second-order valence-electron chi connectivity index (χ2n) is 4.62. The minimum atomic E-state index is -0.428. The average Bonchev–Trinajstić information content (AvgIpc) is 3.17. The molecule has 0 radical (unpaired) electrons. The number of anilines is 1. The van der Waals surface area contributed by atoms with Gasteiger partial charge in [0.05, 0.1) is 21.7 Å². The van der Waals surface area contributed by atoms with Gasteiger partial charge >= 0.3 is 0 Å². The van der Waals surface area contributed by atoms with Gasteiger partial charge in [-0.2, -0.15) is 5.10 Å². The van der Waals surface area contributed by atoms with E-state index in [-0.39, 0.29) is 5.69 Å². The van der Waals surface area contributed by atoms with Crippen molar-refractivity contribution in [3.8, 4) is 10.6 Å². The first-order chi connectivity index (χ1) is 11.1. The van der Waals surface area contributed by atoms with Crippen LogP contribution in [0.25, 0.3) is 10.6 Å². The molecule has 8 heteroatoms. The summed E-state index contributed by atoms with van der Waals surface area (Å²) in [6.07, 6.45) is 1.54. The second-order valence-corrected chi connectivity index (χ2v) is 6.77. The summed E-state index contributed by atoms with van der Waals surface area (Å²) in [6, 6.07) is 10.3. The Morgan fingerprint density at radius 3 is 2.96 bits per heavy atom. The molecule has 23 heavy (non-hydrogen) atoms. The number of nitro benzene ring substituents is 1. The largest absolute Gasteiger partial charge is 0.270 e. The lowest BCUT2D eigenvalue weighted by molar-refractivity contribution is -0.384. The molecular weight excluding hydrogens is 332 g/mol. The van der Waals surface area contributed by atoms with Crippen LogP contribution in [0.1, 0.15) is 10.4 Å². The fourth-order valence-electron chi connectivity index (χ4n) is 1.97. The molecule has 3 aromatic rings. The minimum absolute atomic E-state index is 0.0408. The summed E-state index contributed by atoms with van der Waals surface area (Å²) in [5.74, 6) is 0. The van der Waals surface area contributed by atoms with Gasteiger partial charge in [-0.25, -0.2) is 4.98 Å². The number of non-ortho nitro benzene ring substituents is 1. The summed E-state index contributed by atoms with van der Waals surface area (Å²) in [5, 5.41) is 17.5. The molecule has 0 aliphatic heterocycles. The van der Waals surface area contributed by atoms with Gasteiger partial charge in [0.25, 0.3) is 5.69 Å². The van der Waals surface area contributed by atoms with E-state index in [2.05, 4.69) is 15.5 Å². The summed E-state index contributed by atoms with van der Waals surface area (Å²) < 4.78 is 0. The summed E-state index contributed by atoms with van der Waals surface area (Å²) in [4.78, 5) is 17.1. The van der Waals surface area contributed by atoms with E-state index >= 15 is 0 Å². The molecule has 0 aliphatic carbocycles. The van der Waals surface area contributed by atoms with E-state index in [9.17, 15) is 10.1 Å². The Bertz CT molecular complexity index is 856. The van der Waals surface area contributed by atoms with E-state index in [1.807, 2.05) is 24.4 Å². The summed E-state index contributed by atoms with van der Waals surface area (Å²) in [7, 11) is 0. The number of aryl methyl sites for hydroxylation is 1. The van der Waals surface area contributed by atoms with Crippen LogP contribution in [-0.4, -0.2) is 16.1 Å². The van der Waals surface area contributed by atoms with Gasteiger partial charge in [0.15, 0.2) is 0 Å².